The van der Waals surface area contributed by atoms with Crippen LogP contribution in [0.5, 0.6) is 5.75 Å². The number of piperidine rings is 1. The lowest BCUT2D eigenvalue weighted by molar-refractivity contribution is -0.140. The maximum atomic E-state index is 12.1. The number of nitrogens with one attached hydrogen (secondary N) is 2. The molecule has 2 unspecified atom stereocenters. The maximum absolute atomic E-state index is 12.1. The molecule has 2 aromatic carbocycles. The second-order valence-electron chi connectivity index (χ2n) is 10.6. The third-order valence-electron chi connectivity index (χ3n) is 7.92. The molecule has 10 heteroatoms. The highest BCUT2D eigenvalue weighted by molar-refractivity contribution is 7.80. The van der Waals surface area contributed by atoms with E-state index in [2.05, 4.69) is 38.7 Å². The Morgan fingerprint density at radius 3 is 2.46 bits per heavy atom. The van der Waals surface area contributed by atoms with Crippen LogP contribution < -0.4 is 15.4 Å². The molecular weight excluding hydrogens is 540 g/mol. The van der Waals surface area contributed by atoms with Crippen LogP contribution in [-0.4, -0.2) is 71.2 Å². The van der Waals surface area contributed by atoms with Gasteiger partial charge in [0.1, 0.15) is 11.7 Å². The molecule has 2 aliphatic heterocycles. The van der Waals surface area contributed by atoms with E-state index in [0.29, 0.717) is 40.2 Å². The third-order valence-corrected chi connectivity index (χ3v) is 8.16. The molecule has 2 heterocycles. The number of carboxylic acid groups (broad SMARTS) is 2. The summed E-state index contributed by atoms with van der Waals surface area (Å²) in [5.41, 5.74) is 3.28. The molecule has 0 bridgehead atoms. The SMILES string of the molecule is COc1cccc(C2CCN(CCCNC(=S)Nc3cccc(C4C(C(=O)O)=C(C)N=C(C)C4C(=O)O)c3)CC2)c1. The highest BCUT2D eigenvalue weighted by Crippen LogP contribution is 2.39. The van der Waals surface area contributed by atoms with Gasteiger partial charge in [-0.25, -0.2) is 4.79 Å². The van der Waals surface area contributed by atoms with Crippen molar-refractivity contribution in [1.82, 2.24) is 10.2 Å². The van der Waals surface area contributed by atoms with Crippen LogP contribution in [0.1, 0.15) is 56.1 Å². The van der Waals surface area contributed by atoms with Gasteiger partial charge in [-0.2, -0.15) is 0 Å². The Morgan fingerprint density at radius 2 is 1.78 bits per heavy atom. The van der Waals surface area contributed by atoms with Gasteiger partial charge in [0.05, 0.1) is 12.7 Å². The van der Waals surface area contributed by atoms with Gasteiger partial charge in [0.2, 0.25) is 0 Å². The van der Waals surface area contributed by atoms with Crippen molar-refractivity contribution in [1.29, 1.82) is 0 Å². The van der Waals surface area contributed by atoms with Gasteiger partial charge < -0.3 is 30.5 Å². The molecule has 2 aliphatic rings. The number of benzene rings is 2. The summed E-state index contributed by atoms with van der Waals surface area (Å²) in [5.74, 6) is -2.73. The van der Waals surface area contributed by atoms with E-state index in [1.54, 1.807) is 39.2 Å². The van der Waals surface area contributed by atoms with E-state index in [1.807, 2.05) is 12.1 Å². The zero-order chi connectivity index (χ0) is 29.5. The number of hydrogen-bond acceptors (Lipinski definition) is 6. The lowest BCUT2D eigenvalue weighted by Gasteiger charge is -2.32. The van der Waals surface area contributed by atoms with E-state index in [1.165, 1.54) is 5.56 Å². The first-order valence-electron chi connectivity index (χ1n) is 13.9. The summed E-state index contributed by atoms with van der Waals surface area (Å²) in [4.78, 5) is 30.9. The first kappa shape index (κ1) is 30.2. The summed E-state index contributed by atoms with van der Waals surface area (Å²) < 4.78 is 5.37. The van der Waals surface area contributed by atoms with Crippen LogP contribution >= 0.6 is 12.2 Å². The molecule has 0 radical (unpaired) electrons. The van der Waals surface area contributed by atoms with Crippen LogP contribution in [0.25, 0.3) is 0 Å². The summed E-state index contributed by atoms with van der Waals surface area (Å²) >= 11 is 5.50. The van der Waals surface area contributed by atoms with Gasteiger partial charge in [-0.15, -0.1) is 0 Å². The molecule has 0 spiro atoms. The highest BCUT2D eigenvalue weighted by Gasteiger charge is 2.41. The second kappa shape index (κ2) is 13.7. The molecule has 9 nitrogen and oxygen atoms in total. The molecule has 41 heavy (non-hydrogen) atoms. The first-order chi connectivity index (χ1) is 19.7. The van der Waals surface area contributed by atoms with Crippen molar-refractivity contribution in [3.63, 3.8) is 0 Å². The fourth-order valence-corrected chi connectivity index (χ4v) is 6.09. The number of rotatable bonds is 10. The van der Waals surface area contributed by atoms with E-state index in [0.717, 1.165) is 44.6 Å². The quantitative estimate of drug-likeness (QED) is 0.231. The molecule has 1 fully saturated rings. The third kappa shape index (κ3) is 7.51. The minimum Gasteiger partial charge on any atom is -0.497 e. The average molecular weight is 579 g/mol. The standard InChI is InChI=1S/C31H38N4O5S/c1-19-26(29(36)37)28(27(30(38)39)20(2)33-19)23-8-4-9-24(17-23)34-31(41)32-13-6-14-35-15-11-21(12-16-35)22-7-5-10-25(18-22)40-3/h4-5,7-10,17-18,21,26,28H,6,11-16H2,1-3H3,(H,36,37)(H,38,39)(H2,32,34,41). The number of thiocarbonyl (C=S) groups is 1. The first-order valence-corrected chi connectivity index (χ1v) is 14.3. The normalized spacial score (nSPS) is 19.8. The zero-order valence-corrected chi connectivity index (χ0v) is 24.5. The zero-order valence-electron chi connectivity index (χ0n) is 23.7. The lowest BCUT2D eigenvalue weighted by Crippen LogP contribution is -2.36. The fourth-order valence-electron chi connectivity index (χ4n) is 5.87. The summed E-state index contributed by atoms with van der Waals surface area (Å²) in [6.07, 6.45) is 3.20. The molecule has 4 N–H and O–H groups in total. The van der Waals surface area contributed by atoms with Gasteiger partial charge in [-0.05, 0) is 106 Å². The Morgan fingerprint density at radius 1 is 1.07 bits per heavy atom. The van der Waals surface area contributed by atoms with E-state index < -0.39 is 23.8 Å². The number of allylic oxidation sites excluding steroid dienone is 1. The van der Waals surface area contributed by atoms with Crippen LogP contribution in [0.4, 0.5) is 5.69 Å². The van der Waals surface area contributed by atoms with E-state index in [9.17, 15) is 19.8 Å². The van der Waals surface area contributed by atoms with Crippen molar-refractivity contribution < 1.29 is 24.5 Å². The van der Waals surface area contributed by atoms with Gasteiger partial charge in [-0.1, -0.05) is 24.3 Å². The fraction of sp³-hybridized carbons (Fsp3) is 0.419. The Kier molecular flexibility index (Phi) is 10.1. The molecule has 2 atom stereocenters. The summed E-state index contributed by atoms with van der Waals surface area (Å²) in [7, 11) is 1.70. The van der Waals surface area contributed by atoms with Crippen LogP contribution in [0.2, 0.25) is 0 Å². The van der Waals surface area contributed by atoms with Crippen molar-refractivity contribution >= 4 is 40.7 Å². The molecule has 4 rings (SSSR count). The van der Waals surface area contributed by atoms with Gasteiger partial charge in [0.15, 0.2) is 5.11 Å². The number of hydrogen-bond donors (Lipinski definition) is 4. The molecule has 2 aromatic rings. The van der Waals surface area contributed by atoms with Gasteiger partial charge >= 0.3 is 11.9 Å². The van der Waals surface area contributed by atoms with Gasteiger partial charge in [-0.3, -0.25) is 9.79 Å². The number of anilines is 1. The van der Waals surface area contributed by atoms with Crippen molar-refractivity contribution in [2.75, 3.05) is 38.6 Å². The number of aliphatic imine (C=N–C) groups is 1. The molecule has 0 amide bonds. The second-order valence-corrected chi connectivity index (χ2v) is 11.0. The van der Waals surface area contributed by atoms with Crippen molar-refractivity contribution in [3.05, 3.63) is 70.9 Å². The molecule has 0 aromatic heterocycles. The minimum atomic E-state index is -1.17. The minimum absolute atomic E-state index is 0.00613. The molecule has 218 valence electrons. The summed E-state index contributed by atoms with van der Waals surface area (Å²) in [5, 5.41) is 26.6. The smallest absolute Gasteiger partial charge is 0.334 e. The van der Waals surface area contributed by atoms with Gasteiger partial charge in [0.25, 0.3) is 0 Å². The molecule has 0 aliphatic carbocycles. The Balaban J connectivity index is 1.27. The largest absolute Gasteiger partial charge is 0.497 e. The van der Waals surface area contributed by atoms with Crippen molar-refractivity contribution in [2.24, 2.45) is 10.9 Å². The molecular formula is C31H38N4O5S. The Labute approximate surface area is 246 Å². The van der Waals surface area contributed by atoms with E-state index in [4.69, 9.17) is 17.0 Å². The van der Waals surface area contributed by atoms with E-state index >= 15 is 0 Å². The molecule has 0 saturated carbocycles. The number of carboxylic acids is 2. The summed E-state index contributed by atoms with van der Waals surface area (Å²) in [6, 6.07) is 15.5. The lowest BCUT2D eigenvalue weighted by atomic mass is 9.75. The number of carbonyl (C=O) groups is 2. The van der Waals surface area contributed by atoms with Crippen molar-refractivity contribution in [3.8, 4) is 5.75 Å². The molecule has 1 saturated heterocycles. The maximum Gasteiger partial charge on any atom is 0.334 e. The Bertz CT molecular complexity index is 1350. The van der Waals surface area contributed by atoms with E-state index in [-0.39, 0.29) is 5.57 Å². The predicted molar refractivity (Wildman–Crippen MR) is 164 cm³/mol. The Hall–Kier alpha value is -3.76. The average Bonchev–Trinajstić information content (AvgIpc) is 2.95. The predicted octanol–water partition coefficient (Wildman–Crippen LogP) is 4.87. The van der Waals surface area contributed by atoms with Gasteiger partial charge in [0, 0.05) is 29.6 Å². The number of ether oxygens (including phenoxy) is 1. The van der Waals surface area contributed by atoms with Crippen LogP contribution in [0, 0.1) is 5.92 Å². The summed E-state index contributed by atoms with van der Waals surface area (Å²) in [6.45, 7) is 7.04. The number of methoxy groups -OCH3 is 1. The number of aliphatic carboxylic acids is 2. The van der Waals surface area contributed by atoms with Crippen LogP contribution in [0.15, 0.2) is 64.8 Å². The number of nitrogens with zero attached hydrogens (tertiary/aromatic N) is 2. The van der Waals surface area contributed by atoms with Crippen LogP contribution in [-0.2, 0) is 9.59 Å². The van der Waals surface area contributed by atoms with Crippen molar-refractivity contribution in [2.45, 2.75) is 44.9 Å². The monoisotopic (exact) mass is 578 g/mol. The highest BCUT2D eigenvalue weighted by atomic mass is 32.1. The number of likely N-dealkylation sites (tertiary alicyclic amines) is 1. The topological polar surface area (TPSA) is 123 Å². The van der Waals surface area contributed by atoms with Crippen LogP contribution in [0.3, 0.4) is 0 Å².